The summed E-state index contributed by atoms with van der Waals surface area (Å²) in [6, 6.07) is 11.5. The summed E-state index contributed by atoms with van der Waals surface area (Å²) >= 11 is 2.08. The summed E-state index contributed by atoms with van der Waals surface area (Å²) in [6.07, 6.45) is 0. The van der Waals surface area contributed by atoms with Gasteiger partial charge in [-0.1, -0.05) is 44.2 Å². The van der Waals surface area contributed by atoms with Crippen LogP contribution in [0.25, 0.3) is 0 Å². The summed E-state index contributed by atoms with van der Waals surface area (Å²) < 4.78 is 2.50. The van der Waals surface area contributed by atoms with Gasteiger partial charge >= 0.3 is 0 Å². The Bertz CT molecular complexity index is 300. The molecule has 0 fully saturated rings. The first-order valence-electron chi connectivity index (χ1n) is 5.77. The van der Waals surface area contributed by atoms with Crippen LogP contribution in [0.4, 0.5) is 0 Å². The SMILES string of the molecule is CC(C)SP(c1ccccc1)N(C)C(C)C. The van der Waals surface area contributed by atoms with E-state index in [-0.39, 0.29) is 7.27 Å². The van der Waals surface area contributed by atoms with Crippen LogP contribution in [0.5, 0.6) is 0 Å². The Morgan fingerprint density at radius 3 is 2.06 bits per heavy atom. The number of rotatable bonds is 5. The van der Waals surface area contributed by atoms with Crippen LogP contribution in [0.1, 0.15) is 27.7 Å². The average Bonchev–Trinajstić information content (AvgIpc) is 2.26. The van der Waals surface area contributed by atoms with Gasteiger partial charge in [0.2, 0.25) is 0 Å². The molecule has 1 nitrogen and oxygen atoms in total. The van der Waals surface area contributed by atoms with Gasteiger partial charge in [0.25, 0.3) is 0 Å². The van der Waals surface area contributed by atoms with Crippen LogP contribution >= 0.6 is 18.7 Å². The van der Waals surface area contributed by atoms with Gasteiger partial charge in [-0.3, -0.25) is 4.67 Å². The summed E-state index contributed by atoms with van der Waals surface area (Å²) in [5, 5.41) is 2.14. The first-order valence-corrected chi connectivity index (χ1v) is 8.55. The lowest BCUT2D eigenvalue weighted by Crippen LogP contribution is -2.24. The molecular weight excluding hydrogens is 233 g/mol. The second kappa shape index (κ2) is 6.64. The number of hydrogen-bond donors (Lipinski definition) is 0. The molecule has 0 bridgehead atoms. The molecule has 0 saturated carbocycles. The van der Waals surface area contributed by atoms with Crippen molar-refractivity contribution >= 4 is 24.0 Å². The fraction of sp³-hybridized carbons (Fsp3) is 0.538. The molecule has 1 rings (SSSR count). The van der Waals surface area contributed by atoms with Crippen molar-refractivity contribution in [1.82, 2.24) is 4.67 Å². The predicted molar refractivity (Wildman–Crippen MR) is 78.6 cm³/mol. The van der Waals surface area contributed by atoms with Crippen molar-refractivity contribution in [3.8, 4) is 0 Å². The van der Waals surface area contributed by atoms with Crippen molar-refractivity contribution < 1.29 is 0 Å². The molecule has 0 amide bonds. The van der Waals surface area contributed by atoms with Gasteiger partial charge < -0.3 is 0 Å². The Morgan fingerprint density at radius 2 is 1.62 bits per heavy atom. The highest BCUT2D eigenvalue weighted by Gasteiger charge is 2.20. The fourth-order valence-electron chi connectivity index (χ4n) is 1.28. The van der Waals surface area contributed by atoms with Gasteiger partial charge in [-0.05, 0) is 20.9 Å². The van der Waals surface area contributed by atoms with E-state index in [1.807, 2.05) is 0 Å². The summed E-state index contributed by atoms with van der Waals surface area (Å²) in [6.45, 7) is 9.08. The summed E-state index contributed by atoms with van der Waals surface area (Å²) in [5.41, 5.74) is 0. The van der Waals surface area contributed by atoms with Crippen LogP contribution in [-0.2, 0) is 0 Å². The molecule has 3 heteroatoms. The Morgan fingerprint density at radius 1 is 1.06 bits per heavy atom. The van der Waals surface area contributed by atoms with Crippen LogP contribution in [0.2, 0.25) is 0 Å². The maximum absolute atomic E-state index is 2.50. The lowest BCUT2D eigenvalue weighted by Gasteiger charge is -2.32. The molecule has 0 saturated heterocycles. The van der Waals surface area contributed by atoms with Crippen molar-refractivity contribution in [2.24, 2.45) is 0 Å². The Hall–Kier alpha value is -0.0400. The van der Waals surface area contributed by atoms with E-state index in [4.69, 9.17) is 0 Å². The third-order valence-corrected chi connectivity index (χ3v) is 7.99. The van der Waals surface area contributed by atoms with Crippen molar-refractivity contribution in [2.45, 2.75) is 39.0 Å². The maximum Gasteiger partial charge on any atom is 0.0578 e. The summed E-state index contributed by atoms with van der Waals surface area (Å²) in [5.74, 6) is 0. The highest BCUT2D eigenvalue weighted by Crippen LogP contribution is 2.53. The van der Waals surface area contributed by atoms with Gasteiger partial charge in [0.1, 0.15) is 0 Å². The van der Waals surface area contributed by atoms with Crippen LogP contribution in [-0.4, -0.2) is 23.0 Å². The molecule has 0 aliphatic rings. The Labute approximate surface area is 105 Å². The third-order valence-electron chi connectivity index (χ3n) is 2.32. The largest absolute Gasteiger partial charge is 0.271 e. The number of benzene rings is 1. The standard InChI is InChI=1S/C13H22NPS/c1-11(2)14(5)15(16-12(3)4)13-9-7-6-8-10-13/h6-12H,1-5H3. The molecule has 16 heavy (non-hydrogen) atoms. The molecule has 1 atom stereocenters. The molecule has 1 aromatic carbocycles. The quantitative estimate of drug-likeness (QED) is 0.729. The van der Waals surface area contributed by atoms with E-state index in [9.17, 15) is 0 Å². The zero-order valence-electron chi connectivity index (χ0n) is 10.8. The van der Waals surface area contributed by atoms with E-state index in [1.54, 1.807) is 0 Å². The van der Waals surface area contributed by atoms with Crippen LogP contribution in [0, 0.1) is 0 Å². The van der Waals surface area contributed by atoms with Crippen LogP contribution < -0.4 is 5.30 Å². The lowest BCUT2D eigenvalue weighted by atomic mass is 10.4. The smallest absolute Gasteiger partial charge is 0.0578 e. The minimum Gasteiger partial charge on any atom is -0.271 e. The molecule has 0 N–H and O–H groups in total. The van der Waals surface area contributed by atoms with Gasteiger partial charge in [0.15, 0.2) is 0 Å². The van der Waals surface area contributed by atoms with Gasteiger partial charge in [0, 0.05) is 16.6 Å². The topological polar surface area (TPSA) is 3.24 Å². The van der Waals surface area contributed by atoms with Crippen molar-refractivity contribution in [1.29, 1.82) is 0 Å². The van der Waals surface area contributed by atoms with Gasteiger partial charge in [-0.2, -0.15) is 0 Å². The van der Waals surface area contributed by atoms with Crippen LogP contribution in [0.3, 0.4) is 0 Å². The van der Waals surface area contributed by atoms with E-state index >= 15 is 0 Å². The molecule has 0 spiro atoms. The molecule has 1 unspecified atom stereocenters. The third kappa shape index (κ3) is 4.08. The van der Waals surface area contributed by atoms with E-state index < -0.39 is 0 Å². The van der Waals surface area contributed by atoms with E-state index in [0.717, 1.165) is 0 Å². The normalized spacial score (nSPS) is 13.8. The molecular formula is C13H22NPS. The molecule has 0 aliphatic carbocycles. The second-order valence-corrected chi connectivity index (χ2v) is 8.95. The Kier molecular flexibility index (Phi) is 5.82. The lowest BCUT2D eigenvalue weighted by molar-refractivity contribution is 0.462. The minimum absolute atomic E-state index is 0.246. The van der Waals surface area contributed by atoms with Gasteiger partial charge in [0.05, 0.1) is 7.27 Å². The summed E-state index contributed by atoms with van der Waals surface area (Å²) in [7, 11) is 1.99. The van der Waals surface area contributed by atoms with Gasteiger partial charge in [-0.15, -0.1) is 11.4 Å². The number of hydrogen-bond acceptors (Lipinski definition) is 2. The highest BCUT2D eigenvalue weighted by molar-refractivity contribution is 8.57. The molecule has 0 aromatic heterocycles. The number of nitrogens with zero attached hydrogens (tertiary/aromatic N) is 1. The first kappa shape index (κ1) is 14.0. The minimum atomic E-state index is -0.246. The molecule has 0 heterocycles. The zero-order chi connectivity index (χ0) is 12.1. The van der Waals surface area contributed by atoms with E-state index in [0.29, 0.717) is 11.3 Å². The second-order valence-electron chi connectivity index (χ2n) is 4.43. The average molecular weight is 255 g/mol. The predicted octanol–water partition coefficient (Wildman–Crippen LogP) is 4.11. The zero-order valence-corrected chi connectivity index (χ0v) is 12.6. The van der Waals surface area contributed by atoms with Crippen molar-refractivity contribution in [2.75, 3.05) is 7.05 Å². The molecule has 1 aromatic rings. The van der Waals surface area contributed by atoms with Gasteiger partial charge in [-0.25, -0.2) is 0 Å². The summed E-state index contributed by atoms with van der Waals surface area (Å²) in [4.78, 5) is 0. The maximum atomic E-state index is 2.50. The van der Waals surface area contributed by atoms with Crippen molar-refractivity contribution in [3.63, 3.8) is 0 Å². The Balaban J connectivity index is 2.87. The highest BCUT2D eigenvalue weighted by atomic mass is 32.7. The van der Waals surface area contributed by atoms with Crippen molar-refractivity contribution in [3.05, 3.63) is 30.3 Å². The fourth-order valence-corrected chi connectivity index (χ4v) is 6.10. The molecule has 90 valence electrons. The van der Waals surface area contributed by atoms with Crippen LogP contribution in [0.15, 0.2) is 30.3 Å². The molecule has 0 radical (unpaired) electrons. The van der Waals surface area contributed by atoms with E-state index in [1.165, 1.54) is 5.30 Å². The first-order chi connectivity index (χ1) is 7.52. The van der Waals surface area contributed by atoms with E-state index in [2.05, 4.69) is 81.1 Å². The molecule has 0 aliphatic heterocycles. The monoisotopic (exact) mass is 255 g/mol.